The monoisotopic (exact) mass is 382 g/mol. The molecular formula is C18H26N2O7. The number of amides is 1. The highest BCUT2D eigenvalue weighted by Crippen LogP contribution is 2.32. The average Bonchev–Trinajstić information content (AvgIpc) is 2.57. The number of carbonyl (C=O) groups is 2. The first-order valence-electron chi connectivity index (χ1n) is 8.40. The van der Waals surface area contributed by atoms with Crippen LogP contribution >= 0.6 is 0 Å². The van der Waals surface area contributed by atoms with Gasteiger partial charge >= 0.3 is 17.6 Å². The van der Waals surface area contributed by atoms with E-state index >= 15 is 0 Å². The molecule has 1 N–H and O–H groups in total. The van der Waals surface area contributed by atoms with Crippen molar-refractivity contribution in [3.63, 3.8) is 0 Å². The maximum atomic E-state index is 12.4. The Labute approximate surface area is 158 Å². The molecule has 0 saturated heterocycles. The van der Waals surface area contributed by atoms with E-state index in [1.165, 1.54) is 19.2 Å². The Kier molecular flexibility index (Phi) is 7.15. The van der Waals surface area contributed by atoms with Crippen molar-refractivity contribution in [1.29, 1.82) is 0 Å². The molecule has 150 valence electrons. The molecule has 0 bridgehead atoms. The molecular weight excluding hydrogens is 356 g/mol. The number of hydrogen-bond acceptors (Lipinski definition) is 7. The van der Waals surface area contributed by atoms with Crippen molar-refractivity contribution in [3.8, 4) is 5.75 Å². The topological polar surface area (TPSA) is 117 Å². The van der Waals surface area contributed by atoms with Crippen LogP contribution in [0.2, 0.25) is 0 Å². The van der Waals surface area contributed by atoms with Crippen LogP contribution in [0.1, 0.15) is 46.2 Å². The number of esters is 1. The summed E-state index contributed by atoms with van der Waals surface area (Å²) in [5.41, 5.74) is -2.75. The smallest absolute Gasteiger partial charge is 0.408 e. The number of nitrogens with one attached hydrogen (secondary N) is 1. The van der Waals surface area contributed by atoms with Crippen LogP contribution in [0.5, 0.6) is 5.75 Å². The van der Waals surface area contributed by atoms with Gasteiger partial charge in [-0.2, -0.15) is 0 Å². The van der Waals surface area contributed by atoms with Crippen molar-refractivity contribution in [2.45, 2.75) is 51.8 Å². The number of benzene rings is 1. The van der Waals surface area contributed by atoms with E-state index in [9.17, 15) is 19.7 Å². The van der Waals surface area contributed by atoms with E-state index in [4.69, 9.17) is 14.2 Å². The molecule has 9 nitrogen and oxygen atoms in total. The second-order valence-corrected chi connectivity index (χ2v) is 6.98. The highest BCUT2D eigenvalue weighted by atomic mass is 16.6. The lowest BCUT2D eigenvalue weighted by Gasteiger charge is -2.30. The van der Waals surface area contributed by atoms with Crippen molar-refractivity contribution >= 4 is 12.1 Å². The van der Waals surface area contributed by atoms with E-state index in [-0.39, 0.29) is 6.61 Å². The first-order valence-corrected chi connectivity index (χ1v) is 8.40. The zero-order chi connectivity index (χ0) is 20.8. The van der Waals surface area contributed by atoms with Crippen molar-refractivity contribution < 1.29 is 28.7 Å². The second-order valence-electron chi connectivity index (χ2n) is 6.98. The molecule has 1 aromatic rings. The van der Waals surface area contributed by atoms with Gasteiger partial charge in [-0.15, -0.1) is 0 Å². The van der Waals surface area contributed by atoms with Gasteiger partial charge in [0.15, 0.2) is 0 Å². The van der Waals surface area contributed by atoms with E-state index in [1.807, 2.05) is 0 Å². The Bertz CT molecular complexity index is 682. The molecule has 0 aliphatic heterocycles. The highest BCUT2D eigenvalue weighted by Gasteiger charge is 2.56. The molecule has 0 aliphatic rings. The summed E-state index contributed by atoms with van der Waals surface area (Å²) < 4.78 is 15.2. The van der Waals surface area contributed by atoms with Crippen LogP contribution in [0.15, 0.2) is 24.3 Å². The normalized spacial score (nSPS) is 14.4. The molecule has 0 heterocycles. The van der Waals surface area contributed by atoms with Gasteiger partial charge in [-0.25, -0.2) is 9.59 Å². The maximum absolute atomic E-state index is 12.4. The molecule has 2 atom stereocenters. The summed E-state index contributed by atoms with van der Waals surface area (Å²) in [5.74, 6) is -0.541. The van der Waals surface area contributed by atoms with E-state index < -0.39 is 34.2 Å². The summed E-state index contributed by atoms with van der Waals surface area (Å²) in [7, 11) is 1.48. The third kappa shape index (κ3) is 5.57. The van der Waals surface area contributed by atoms with Crippen LogP contribution in [-0.4, -0.2) is 41.8 Å². The fraction of sp³-hybridized carbons (Fsp3) is 0.556. The highest BCUT2D eigenvalue weighted by molar-refractivity contribution is 5.81. The van der Waals surface area contributed by atoms with Crippen molar-refractivity contribution in [2.75, 3.05) is 13.7 Å². The minimum atomic E-state index is -2.26. The van der Waals surface area contributed by atoms with Crippen molar-refractivity contribution in [3.05, 3.63) is 39.9 Å². The Hall–Kier alpha value is -2.84. The number of ether oxygens (including phenoxy) is 3. The first kappa shape index (κ1) is 22.2. The lowest BCUT2D eigenvalue weighted by atomic mass is 9.87. The molecule has 9 heteroatoms. The van der Waals surface area contributed by atoms with Crippen molar-refractivity contribution in [2.24, 2.45) is 0 Å². The van der Waals surface area contributed by atoms with E-state index in [1.54, 1.807) is 39.8 Å². The minimum absolute atomic E-state index is 0.0377. The predicted octanol–water partition coefficient (Wildman–Crippen LogP) is 2.86. The third-order valence-corrected chi connectivity index (χ3v) is 3.74. The van der Waals surface area contributed by atoms with Gasteiger partial charge in [0, 0.05) is 11.8 Å². The van der Waals surface area contributed by atoms with Crippen LogP contribution in [0.4, 0.5) is 4.79 Å². The Morgan fingerprint density at radius 1 is 1.19 bits per heavy atom. The summed E-state index contributed by atoms with van der Waals surface area (Å²) in [5, 5.41) is 14.3. The molecule has 1 rings (SSSR count). The van der Waals surface area contributed by atoms with Crippen LogP contribution in [0, 0.1) is 10.1 Å². The molecule has 0 fully saturated rings. The number of methoxy groups -OCH3 is 1. The summed E-state index contributed by atoms with van der Waals surface area (Å²) in [4.78, 5) is 35.8. The Balaban J connectivity index is 3.39. The largest absolute Gasteiger partial charge is 0.497 e. The number of rotatable bonds is 7. The van der Waals surface area contributed by atoms with Gasteiger partial charge in [-0.05, 0) is 45.4 Å². The summed E-state index contributed by atoms with van der Waals surface area (Å²) in [6.45, 7) is 7.59. The van der Waals surface area contributed by atoms with Crippen LogP contribution in [-0.2, 0) is 14.3 Å². The van der Waals surface area contributed by atoms with Gasteiger partial charge in [0.05, 0.1) is 13.7 Å². The molecule has 1 aromatic carbocycles. The van der Waals surface area contributed by atoms with Crippen molar-refractivity contribution in [1.82, 2.24) is 5.32 Å². The van der Waals surface area contributed by atoms with Gasteiger partial charge in [-0.1, -0.05) is 12.1 Å². The number of alkyl carbamates (subject to hydrolysis) is 1. The standard InChI is InChI=1S/C18H26N2O7/c1-7-26-15(21)18(5,20(23)24)14(19-16(22)27-17(2,3)4)12-8-10-13(25-6)11-9-12/h8-11,14H,7H2,1-6H3,(H,19,22)/t14-,18-/m0/s1. The van der Waals surface area contributed by atoms with E-state index in [0.29, 0.717) is 11.3 Å². The second kappa shape index (κ2) is 8.70. The molecule has 0 aliphatic carbocycles. The minimum Gasteiger partial charge on any atom is -0.497 e. The van der Waals surface area contributed by atoms with Crippen LogP contribution < -0.4 is 10.1 Å². The van der Waals surface area contributed by atoms with Gasteiger partial charge in [0.25, 0.3) is 0 Å². The van der Waals surface area contributed by atoms with Crippen LogP contribution in [0.25, 0.3) is 0 Å². The fourth-order valence-electron chi connectivity index (χ4n) is 2.35. The number of hydrogen-bond donors (Lipinski definition) is 1. The quantitative estimate of drug-likeness (QED) is 0.438. The molecule has 1 amide bonds. The molecule has 0 saturated carbocycles. The van der Waals surface area contributed by atoms with E-state index in [2.05, 4.69) is 5.32 Å². The maximum Gasteiger partial charge on any atom is 0.408 e. The molecule has 0 unspecified atom stereocenters. The Morgan fingerprint density at radius 3 is 2.15 bits per heavy atom. The number of nitrogens with zero attached hydrogens (tertiary/aromatic N) is 1. The fourth-order valence-corrected chi connectivity index (χ4v) is 2.35. The summed E-state index contributed by atoms with van der Waals surface area (Å²) in [6, 6.07) is 4.88. The lowest BCUT2D eigenvalue weighted by molar-refractivity contribution is -0.556. The first-order chi connectivity index (χ1) is 12.5. The third-order valence-electron chi connectivity index (χ3n) is 3.74. The van der Waals surface area contributed by atoms with Crippen LogP contribution in [0.3, 0.4) is 0 Å². The summed E-state index contributed by atoms with van der Waals surface area (Å²) in [6.07, 6.45) is -0.888. The average molecular weight is 382 g/mol. The number of carbonyl (C=O) groups excluding carboxylic acids is 2. The zero-order valence-corrected chi connectivity index (χ0v) is 16.4. The SMILES string of the molecule is CCOC(=O)[C@](C)([C@@H](NC(=O)OC(C)(C)C)c1ccc(OC)cc1)[N+](=O)[O-]. The zero-order valence-electron chi connectivity index (χ0n) is 16.4. The number of nitro groups is 1. The van der Waals surface area contributed by atoms with Gasteiger partial charge in [0.1, 0.15) is 17.4 Å². The molecule has 27 heavy (non-hydrogen) atoms. The van der Waals surface area contributed by atoms with Gasteiger partial charge in [-0.3, -0.25) is 10.1 Å². The lowest BCUT2D eigenvalue weighted by Crippen LogP contribution is -2.55. The molecule has 0 spiro atoms. The van der Waals surface area contributed by atoms with E-state index in [0.717, 1.165) is 6.92 Å². The predicted molar refractivity (Wildman–Crippen MR) is 97.1 cm³/mol. The Morgan fingerprint density at radius 2 is 1.74 bits per heavy atom. The molecule has 0 radical (unpaired) electrons. The van der Waals surface area contributed by atoms with Gasteiger partial charge in [0.2, 0.25) is 0 Å². The molecule has 0 aromatic heterocycles. The van der Waals surface area contributed by atoms with Gasteiger partial charge < -0.3 is 19.5 Å². The summed E-state index contributed by atoms with van der Waals surface area (Å²) >= 11 is 0.